The molecular weight excluding hydrogens is 178 g/mol. The van der Waals surface area contributed by atoms with Crippen LogP contribution in [-0.2, 0) is 6.61 Å². The Morgan fingerprint density at radius 3 is 3.00 bits per heavy atom. The van der Waals surface area contributed by atoms with Gasteiger partial charge in [0.1, 0.15) is 11.9 Å². The third kappa shape index (κ3) is 2.05. The van der Waals surface area contributed by atoms with Gasteiger partial charge in [0.2, 0.25) is 0 Å². The highest BCUT2D eigenvalue weighted by Gasteiger charge is 2.16. The van der Waals surface area contributed by atoms with Crippen LogP contribution in [-0.4, -0.2) is 24.3 Å². The molecule has 2 N–H and O–H groups in total. The summed E-state index contributed by atoms with van der Waals surface area (Å²) in [7, 11) is 0. The summed E-state index contributed by atoms with van der Waals surface area (Å²) in [6.07, 6.45) is 1.29. The largest absolute Gasteiger partial charge is 0.489 e. The van der Waals surface area contributed by atoms with Crippen LogP contribution < -0.4 is 10.1 Å². The molecule has 0 radical (unpaired) electrons. The smallest absolute Gasteiger partial charge is 0.125 e. The Balaban J connectivity index is 2.07. The first-order valence-corrected chi connectivity index (χ1v) is 4.96. The van der Waals surface area contributed by atoms with E-state index in [0.717, 1.165) is 30.8 Å². The highest BCUT2D eigenvalue weighted by Crippen LogP contribution is 2.20. The van der Waals surface area contributed by atoms with Crippen molar-refractivity contribution in [3.8, 4) is 5.75 Å². The van der Waals surface area contributed by atoms with E-state index in [4.69, 9.17) is 9.84 Å². The fourth-order valence-electron chi connectivity index (χ4n) is 1.66. The van der Waals surface area contributed by atoms with Gasteiger partial charge in [0.15, 0.2) is 0 Å². The molecule has 1 aromatic carbocycles. The van der Waals surface area contributed by atoms with Crippen LogP contribution in [0, 0.1) is 0 Å². The van der Waals surface area contributed by atoms with Crippen LogP contribution in [0.5, 0.6) is 5.75 Å². The van der Waals surface area contributed by atoms with E-state index in [-0.39, 0.29) is 12.7 Å². The lowest BCUT2D eigenvalue weighted by atomic mass is 10.2. The molecule has 1 aliphatic heterocycles. The molecule has 0 aromatic heterocycles. The molecule has 0 bridgehead atoms. The van der Waals surface area contributed by atoms with Gasteiger partial charge in [-0.2, -0.15) is 0 Å². The summed E-state index contributed by atoms with van der Waals surface area (Å²) < 4.78 is 5.77. The van der Waals surface area contributed by atoms with Crippen molar-refractivity contribution in [2.24, 2.45) is 0 Å². The molecule has 1 unspecified atom stereocenters. The average molecular weight is 193 g/mol. The number of aliphatic hydroxyl groups excluding tert-OH is 1. The topological polar surface area (TPSA) is 41.5 Å². The minimum absolute atomic E-state index is 0.0380. The van der Waals surface area contributed by atoms with Gasteiger partial charge < -0.3 is 15.2 Å². The maximum Gasteiger partial charge on any atom is 0.125 e. The number of aliphatic hydroxyl groups is 1. The Labute approximate surface area is 83.7 Å². The standard InChI is InChI=1S/C11H15NO2/c13-8-9-3-1-2-4-11(9)14-10-5-6-12-7-10/h1-4,10,12-13H,5-8H2. The first kappa shape index (κ1) is 9.49. The monoisotopic (exact) mass is 193 g/mol. The van der Waals surface area contributed by atoms with Gasteiger partial charge in [-0.05, 0) is 19.0 Å². The highest BCUT2D eigenvalue weighted by atomic mass is 16.5. The van der Waals surface area contributed by atoms with Gasteiger partial charge in [-0.15, -0.1) is 0 Å². The summed E-state index contributed by atoms with van der Waals surface area (Å²) in [4.78, 5) is 0. The molecule has 3 nitrogen and oxygen atoms in total. The summed E-state index contributed by atoms with van der Waals surface area (Å²) >= 11 is 0. The molecule has 14 heavy (non-hydrogen) atoms. The lowest BCUT2D eigenvalue weighted by Gasteiger charge is -2.14. The summed E-state index contributed by atoms with van der Waals surface area (Å²) in [6, 6.07) is 7.63. The molecule has 1 aromatic rings. The minimum atomic E-state index is 0.0380. The van der Waals surface area contributed by atoms with E-state index in [1.165, 1.54) is 0 Å². The summed E-state index contributed by atoms with van der Waals surface area (Å²) in [5.74, 6) is 0.809. The van der Waals surface area contributed by atoms with Crippen molar-refractivity contribution in [1.82, 2.24) is 5.32 Å². The van der Waals surface area contributed by atoms with Crippen LogP contribution in [0.2, 0.25) is 0 Å². The fraction of sp³-hybridized carbons (Fsp3) is 0.455. The molecular formula is C11H15NO2. The Morgan fingerprint density at radius 1 is 1.43 bits per heavy atom. The van der Waals surface area contributed by atoms with Crippen LogP contribution >= 0.6 is 0 Å². The second kappa shape index (κ2) is 4.44. The molecule has 1 saturated heterocycles. The van der Waals surface area contributed by atoms with E-state index < -0.39 is 0 Å². The molecule has 0 saturated carbocycles. The Hall–Kier alpha value is -1.06. The van der Waals surface area contributed by atoms with E-state index in [1.54, 1.807) is 0 Å². The molecule has 1 aliphatic rings. The molecule has 2 rings (SSSR count). The molecule has 1 fully saturated rings. The van der Waals surface area contributed by atoms with Crippen molar-refractivity contribution < 1.29 is 9.84 Å². The van der Waals surface area contributed by atoms with E-state index in [0.29, 0.717) is 0 Å². The SMILES string of the molecule is OCc1ccccc1OC1CCNC1. The van der Waals surface area contributed by atoms with Gasteiger partial charge in [0, 0.05) is 12.1 Å². The first-order chi connectivity index (χ1) is 6.90. The van der Waals surface area contributed by atoms with Crippen LogP contribution in [0.25, 0.3) is 0 Å². The van der Waals surface area contributed by atoms with Crippen molar-refractivity contribution in [2.75, 3.05) is 13.1 Å². The Bertz CT molecular complexity index is 295. The van der Waals surface area contributed by atoms with Crippen LogP contribution in [0.3, 0.4) is 0 Å². The molecule has 1 atom stereocenters. The maximum absolute atomic E-state index is 9.10. The Kier molecular flexibility index (Phi) is 3.01. The van der Waals surface area contributed by atoms with Crippen LogP contribution in [0.15, 0.2) is 24.3 Å². The van der Waals surface area contributed by atoms with Crippen molar-refractivity contribution in [3.05, 3.63) is 29.8 Å². The van der Waals surface area contributed by atoms with Crippen LogP contribution in [0.1, 0.15) is 12.0 Å². The van der Waals surface area contributed by atoms with E-state index >= 15 is 0 Å². The normalized spacial score (nSPS) is 21.1. The number of hydrogen-bond acceptors (Lipinski definition) is 3. The van der Waals surface area contributed by atoms with Crippen LogP contribution in [0.4, 0.5) is 0 Å². The van der Waals surface area contributed by atoms with Gasteiger partial charge in [0.25, 0.3) is 0 Å². The number of para-hydroxylation sites is 1. The number of nitrogens with one attached hydrogen (secondary N) is 1. The van der Waals surface area contributed by atoms with E-state index in [2.05, 4.69) is 5.32 Å². The summed E-state index contributed by atoms with van der Waals surface area (Å²) in [6.45, 7) is 1.96. The number of ether oxygens (including phenoxy) is 1. The number of hydrogen-bond donors (Lipinski definition) is 2. The highest BCUT2D eigenvalue weighted by molar-refractivity contribution is 5.32. The van der Waals surface area contributed by atoms with Crippen molar-refractivity contribution >= 4 is 0 Å². The van der Waals surface area contributed by atoms with Crippen molar-refractivity contribution in [2.45, 2.75) is 19.1 Å². The lowest BCUT2D eigenvalue weighted by molar-refractivity contribution is 0.210. The van der Waals surface area contributed by atoms with Gasteiger partial charge in [-0.25, -0.2) is 0 Å². The zero-order chi connectivity index (χ0) is 9.80. The first-order valence-electron chi connectivity index (χ1n) is 4.96. The van der Waals surface area contributed by atoms with Gasteiger partial charge >= 0.3 is 0 Å². The predicted octanol–water partition coefficient (Wildman–Crippen LogP) is 0.920. The zero-order valence-electron chi connectivity index (χ0n) is 8.07. The molecule has 76 valence electrons. The van der Waals surface area contributed by atoms with Crippen molar-refractivity contribution in [1.29, 1.82) is 0 Å². The zero-order valence-corrected chi connectivity index (χ0v) is 8.07. The quantitative estimate of drug-likeness (QED) is 0.750. The maximum atomic E-state index is 9.10. The minimum Gasteiger partial charge on any atom is -0.489 e. The third-order valence-electron chi connectivity index (χ3n) is 2.45. The van der Waals surface area contributed by atoms with Gasteiger partial charge in [0.05, 0.1) is 6.61 Å². The number of benzene rings is 1. The van der Waals surface area contributed by atoms with E-state index in [1.807, 2.05) is 24.3 Å². The lowest BCUT2D eigenvalue weighted by Crippen LogP contribution is -2.20. The fourth-order valence-corrected chi connectivity index (χ4v) is 1.66. The molecule has 3 heteroatoms. The molecule has 1 heterocycles. The third-order valence-corrected chi connectivity index (χ3v) is 2.45. The molecule has 0 amide bonds. The summed E-state index contributed by atoms with van der Waals surface area (Å²) in [5.41, 5.74) is 0.861. The second-order valence-corrected chi connectivity index (χ2v) is 3.50. The average Bonchev–Trinajstić information content (AvgIpc) is 2.71. The van der Waals surface area contributed by atoms with Gasteiger partial charge in [-0.1, -0.05) is 18.2 Å². The van der Waals surface area contributed by atoms with Crippen molar-refractivity contribution in [3.63, 3.8) is 0 Å². The van der Waals surface area contributed by atoms with Gasteiger partial charge in [-0.3, -0.25) is 0 Å². The Morgan fingerprint density at radius 2 is 2.29 bits per heavy atom. The molecule has 0 aliphatic carbocycles. The second-order valence-electron chi connectivity index (χ2n) is 3.50. The predicted molar refractivity (Wildman–Crippen MR) is 54.3 cm³/mol. The number of rotatable bonds is 3. The van der Waals surface area contributed by atoms with E-state index in [9.17, 15) is 0 Å². The summed E-state index contributed by atoms with van der Waals surface area (Å²) in [5, 5.41) is 12.3. The molecule has 0 spiro atoms.